The average Bonchev–Trinajstić information content (AvgIpc) is 2.42. The third-order valence-corrected chi connectivity index (χ3v) is 3.96. The van der Waals surface area contributed by atoms with Gasteiger partial charge in [-0.2, -0.15) is 11.8 Å². The van der Waals surface area contributed by atoms with Crippen LogP contribution in [0.2, 0.25) is 0 Å². The monoisotopic (exact) mass is 280 g/mol. The lowest BCUT2D eigenvalue weighted by Crippen LogP contribution is -2.40. The first-order chi connectivity index (χ1) is 9.04. The number of hydrogen-bond donors (Lipinski definition) is 0. The third-order valence-electron chi connectivity index (χ3n) is 3.05. The Morgan fingerprint density at radius 2 is 1.84 bits per heavy atom. The zero-order valence-electron chi connectivity index (χ0n) is 12.3. The summed E-state index contributed by atoms with van der Waals surface area (Å²) in [4.78, 5) is 16.4. The molecule has 0 aliphatic carbocycles. The quantitative estimate of drug-likeness (QED) is 0.766. The first-order valence-electron chi connectivity index (χ1n) is 6.55. The van der Waals surface area contributed by atoms with Gasteiger partial charge in [0.2, 0.25) is 5.91 Å². The SMILES string of the molecule is CS[C@@H](C)C(=O)N(CCN(C)C)Cc1ccccc1. The Morgan fingerprint density at radius 1 is 1.21 bits per heavy atom. The highest BCUT2D eigenvalue weighted by molar-refractivity contribution is 7.99. The third kappa shape index (κ3) is 5.66. The van der Waals surface area contributed by atoms with Crippen molar-refractivity contribution in [2.45, 2.75) is 18.7 Å². The number of thioether (sulfide) groups is 1. The first kappa shape index (κ1) is 16.1. The van der Waals surface area contributed by atoms with Gasteiger partial charge in [0.15, 0.2) is 0 Å². The Morgan fingerprint density at radius 3 is 2.37 bits per heavy atom. The molecule has 0 aromatic heterocycles. The fraction of sp³-hybridized carbons (Fsp3) is 0.533. The van der Waals surface area contributed by atoms with Crippen molar-refractivity contribution in [3.63, 3.8) is 0 Å². The summed E-state index contributed by atoms with van der Waals surface area (Å²) in [5.41, 5.74) is 1.18. The van der Waals surface area contributed by atoms with Crippen molar-refractivity contribution in [1.82, 2.24) is 9.80 Å². The first-order valence-corrected chi connectivity index (χ1v) is 7.83. The molecule has 1 aromatic rings. The molecular weight excluding hydrogens is 256 g/mol. The van der Waals surface area contributed by atoms with E-state index >= 15 is 0 Å². The van der Waals surface area contributed by atoms with Crippen LogP contribution >= 0.6 is 11.8 Å². The summed E-state index contributed by atoms with van der Waals surface area (Å²) in [6.07, 6.45) is 1.98. The molecule has 1 rings (SSSR count). The van der Waals surface area contributed by atoms with E-state index in [9.17, 15) is 4.79 Å². The molecule has 1 atom stereocenters. The second kappa shape index (κ2) is 8.23. The Kier molecular flexibility index (Phi) is 6.95. The van der Waals surface area contributed by atoms with Crippen molar-refractivity contribution in [3.8, 4) is 0 Å². The molecule has 0 N–H and O–H groups in total. The topological polar surface area (TPSA) is 23.6 Å². The van der Waals surface area contributed by atoms with Crippen LogP contribution in [0.25, 0.3) is 0 Å². The van der Waals surface area contributed by atoms with Crippen molar-refractivity contribution in [1.29, 1.82) is 0 Å². The van der Waals surface area contributed by atoms with Crippen LogP contribution in [-0.2, 0) is 11.3 Å². The summed E-state index contributed by atoms with van der Waals surface area (Å²) < 4.78 is 0. The number of benzene rings is 1. The second-order valence-corrected chi connectivity index (χ2v) is 6.11. The van der Waals surface area contributed by atoms with Crippen molar-refractivity contribution in [2.24, 2.45) is 0 Å². The number of carbonyl (C=O) groups excluding carboxylic acids is 1. The molecule has 0 spiro atoms. The van der Waals surface area contributed by atoms with Gasteiger partial charge in [0.1, 0.15) is 0 Å². The Balaban J connectivity index is 2.71. The van der Waals surface area contributed by atoms with Gasteiger partial charge in [-0.3, -0.25) is 4.79 Å². The fourth-order valence-electron chi connectivity index (χ4n) is 1.75. The predicted molar refractivity (Wildman–Crippen MR) is 83.4 cm³/mol. The highest BCUT2D eigenvalue weighted by atomic mass is 32.2. The van der Waals surface area contributed by atoms with E-state index in [1.807, 2.05) is 50.4 Å². The van der Waals surface area contributed by atoms with Crippen molar-refractivity contribution in [3.05, 3.63) is 35.9 Å². The van der Waals surface area contributed by atoms with E-state index in [0.29, 0.717) is 6.54 Å². The molecule has 1 aromatic carbocycles. The lowest BCUT2D eigenvalue weighted by atomic mass is 10.2. The molecule has 0 saturated carbocycles. The van der Waals surface area contributed by atoms with Gasteiger partial charge in [-0.25, -0.2) is 0 Å². The molecule has 0 fully saturated rings. The van der Waals surface area contributed by atoms with Gasteiger partial charge in [0, 0.05) is 19.6 Å². The minimum Gasteiger partial charge on any atom is -0.336 e. The molecule has 0 bridgehead atoms. The summed E-state index contributed by atoms with van der Waals surface area (Å²) in [7, 11) is 4.06. The summed E-state index contributed by atoms with van der Waals surface area (Å²) >= 11 is 1.60. The van der Waals surface area contributed by atoms with Gasteiger partial charge >= 0.3 is 0 Å². The Labute approximate surface area is 121 Å². The molecular formula is C15H24N2OS. The van der Waals surface area contributed by atoms with E-state index in [4.69, 9.17) is 0 Å². The van der Waals surface area contributed by atoms with Gasteiger partial charge in [0.05, 0.1) is 5.25 Å². The van der Waals surface area contributed by atoms with E-state index in [0.717, 1.165) is 13.1 Å². The van der Waals surface area contributed by atoms with Crippen molar-refractivity contribution >= 4 is 17.7 Å². The molecule has 106 valence electrons. The molecule has 0 heterocycles. The molecule has 0 aliphatic rings. The van der Waals surface area contributed by atoms with Crippen molar-refractivity contribution < 1.29 is 4.79 Å². The average molecular weight is 280 g/mol. The Hall–Kier alpha value is -1.00. The molecule has 1 amide bonds. The highest BCUT2D eigenvalue weighted by Gasteiger charge is 2.19. The summed E-state index contributed by atoms with van der Waals surface area (Å²) in [5, 5.41) is 0.0193. The van der Waals surface area contributed by atoms with Crippen LogP contribution in [0, 0.1) is 0 Å². The van der Waals surface area contributed by atoms with E-state index < -0.39 is 0 Å². The van der Waals surface area contributed by atoms with Gasteiger partial charge in [-0.15, -0.1) is 0 Å². The van der Waals surface area contributed by atoms with E-state index in [-0.39, 0.29) is 11.2 Å². The molecule has 0 saturated heterocycles. The van der Waals surface area contributed by atoms with Crippen LogP contribution in [0.1, 0.15) is 12.5 Å². The van der Waals surface area contributed by atoms with Crippen LogP contribution in [-0.4, -0.2) is 54.4 Å². The van der Waals surface area contributed by atoms with E-state index in [2.05, 4.69) is 17.0 Å². The smallest absolute Gasteiger partial charge is 0.235 e. The number of nitrogens with zero attached hydrogens (tertiary/aromatic N) is 2. The maximum Gasteiger partial charge on any atom is 0.235 e. The van der Waals surface area contributed by atoms with Gasteiger partial charge < -0.3 is 9.80 Å². The summed E-state index contributed by atoms with van der Waals surface area (Å²) in [6.45, 7) is 4.32. The molecule has 3 nitrogen and oxygen atoms in total. The van der Waals surface area contributed by atoms with Crippen LogP contribution in [0.3, 0.4) is 0 Å². The van der Waals surface area contributed by atoms with Gasteiger partial charge in [-0.1, -0.05) is 30.3 Å². The number of carbonyl (C=O) groups is 1. The lowest BCUT2D eigenvalue weighted by Gasteiger charge is -2.26. The van der Waals surface area contributed by atoms with Gasteiger partial charge in [0.25, 0.3) is 0 Å². The van der Waals surface area contributed by atoms with Crippen LogP contribution in [0.15, 0.2) is 30.3 Å². The molecule has 0 aliphatic heterocycles. The number of amides is 1. The number of hydrogen-bond acceptors (Lipinski definition) is 3. The van der Waals surface area contributed by atoms with Crippen LogP contribution in [0.4, 0.5) is 0 Å². The maximum absolute atomic E-state index is 12.4. The zero-order chi connectivity index (χ0) is 14.3. The number of likely N-dealkylation sites (N-methyl/N-ethyl adjacent to an activating group) is 1. The second-order valence-electron chi connectivity index (χ2n) is 4.93. The highest BCUT2D eigenvalue weighted by Crippen LogP contribution is 2.12. The van der Waals surface area contributed by atoms with Gasteiger partial charge in [-0.05, 0) is 32.8 Å². The molecule has 0 radical (unpaired) electrons. The van der Waals surface area contributed by atoms with E-state index in [1.165, 1.54) is 5.56 Å². The maximum atomic E-state index is 12.4. The molecule has 0 unspecified atom stereocenters. The summed E-state index contributed by atoms with van der Waals surface area (Å²) in [5.74, 6) is 0.221. The lowest BCUT2D eigenvalue weighted by molar-refractivity contribution is -0.131. The van der Waals surface area contributed by atoms with Crippen LogP contribution in [0.5, 0.6) is 0 Å². The molecule has 19 heavy (non-hydrogen) atoms. The zero-order valence-corrected chi connectivity index (χ0v) is 13.1. The fourth-order valence-corrected chi connectivity index (χ4v) is 2.10. The minimum atomic E-state index is 0.0193. The van der Waals surface area contributed by atoms with E-state index in [1.54, 1.807) is 11.8 Å². The summed E-state index contributed by atoms with van der Waals surface area (Å²) in [6, 6.07) is 10.2. The standard InChI is InChI=1S/C15H24N2OS/c1-13(19-4)15(18)17(11-10-16(2)3)12-14-8-6-5-7-9-14/h5-9,13H,10-12H2,1-4H3/t13-/m0/s1. The van der Waals surface area contributed by atoms with Crippen LogP contribution < -0.4 is 0 Å². The number of rotatable bonds is 7. The van der Waals surface area contributed by atoms with Crippen molar-refractivity contribution in [2.75, 3.05) is 33.4 Å². The molecule has 4 heteroatoms. The largest absolute Gasteiger partial charge is 0.336 e. The normalized spacial score (nSPS) is 12.5. The predicted octanol–water partition coefficient (Wildman–Crippen LogP) is 2.33. The minimum absolute atomic E-state index is 0.0193. The Bertz CT molecular complexity index is 381.